The van der Waals surface area contributed by atoms with Crippen LogP contribution in [0.4, 0.5) is 0 Å². The Kier molecular flexibility index (Phi) is 16.3. The van der Waals surface area contributed by atoms with Crippen molar-refractivity contribution in [2.45, 2.75) is 122 Å². The number of hydrogen-bond acceptors (Lipinski definition) is 5. The second-order valence-corrected chi connectivity index (χ2v) is 9.24. The minimum Gasteiger partial charge on any atom is -0.480 e. The van der Waals surface area contributed by atoms with E-state index in [1.54, 1.807) is 18.5 Å². The maximum atomic E-state index is 12.5. The maximum Gasteiger partial charge on any atom is 0.320 e. The normalized spacial score (nSPS) is 14.9. The Morgan fingerprint density at radius 3 is 2.35 bits per heavy atom. The second-order valence-electron chi connectivity index (χ2n) is 9.24. The molecule has 1 heterocycles. The molecule has 34 heavy (non-hydrogen) atoms. The van der Waals surface area contributed by atoms with E-state index in [2.05, 4.69) is 29.5 Å². The summed E-state index contributed by atoms with van der Waals surface area (Å²) in [7, 11) is 0. The Hall–Kier alpha value is -1.90. The van der Waals surface area contributed by atoms with Crippen molar-refractivity contribution < 1.29 is 24.5 Å². The van der Waals surface area contributed by atoms with Crippen molar-refractivity contribution in [1.29, 1.82) is 0 Å². The molecule has 1 aromatic heterocycles. The van der Waals surface area contributed by atoms with Crippen molar-refractivity contribution in [1.82, 2.24) is 15.6 Å². The highest BCUT2D eigenvalue weighted by atomic mass is 16.5. The molecule has 5 N–H and O–H groups in total. The lowest BCUT2D eigenvalue weighted by molar-refractivity contribution is -0.139. The third kappa shape index (κ3) is 13.7. The van der Waals surface area contributed by atoms with Gasteiger partial charge < -0.3 is 30.6 Å². The summed E-state index contributed by atoms with van der Waals surface area (Å²) in [6, 6.07) is 1.08. The van der Waals surface area contributed by atoms with Gasteiger partial charge in [0.05, 0.1) is 17.8 Å². The molecule has 0 aliphatic heterocycles. The first-order valence-corrected chi connectivity index (χ1v) is 13.1. The smallest absolute Gasteiger partial charge is 0.320 e. The van der Waals surface area contributed by atoms with Gasteiger partial charge in [0.25, 0.3) is 5.91 Å². The number of ether oxygens (including phenoxy) is 1. The van der Waals surface area contributed by atoms with Gasteiger partial charge in [0.1, 0.15) is 12.3 Å². The van der Waals surface area contributed by atoms with Gasteiger partial charge in [0.2, 0.25) is 0 Å². The first-order valence-electron chi connectivity index (χ1n) is 13.1. The molecule has 1 rings (SSSR count). The molecule has 0 bridgehead atoms. The summed E-state index contributed by atoms with van der Waals surface area (Å²) < 4.78 is 6.12. The third-order valence-corrected chi connectivity index (χ3v) is 6.01. The average molecular weight is 482 g/mol. The molecule has 0 aromatic carbocycles. The lowest BCUT2D eigenvalue weighted by atomic mass is 10.1. The lowest BCUT2D eigenvalue weighted by Gasteiger charge is -2.24. The van der Waals surface area contributed by atoms with Crippen molar-refractivity contribution in [3.8, 4) is 0 Å². The summed E-state index contributed by atoms with van der Waals surface area (Å²) in [5.74, 6) is -1.07. The number of carbonyl (C=O) groups excluding carboxylic acids is 1. The van der Waals surface area contributed by atoms with Crippen LogP contribution in [0.3, 0.4) is 0 Å². The molecule has 0 saturated carbocycles. The Labute approximate surface area is 205 Å². The van der Waals surface area contributed by atoms with Gasteiger partial charge in [0, 0.05) is 18.9 Å². The van der Waals surface area contributed by atoms with Crippen LogP contribution in [-0.2, 0) is 9.53 Å². The van der Waals surface area contributed by atoms with E-state index in [1.807, 2.05) is 6.92 Å². The van der Waals surface area contributed by atoms with E-state index in [0.29, 0.717) is 31.2 Å². The number of H-pyrrole nitrogens is 1. The van der Waals surface area contributed by atoms with Gasteiger partial charge in [-0.3, -0.25) is 9.59 Å². The molecule has 196 valence electrons. The topological polar surface area (TPSA) is 124 Å². The van der Waals surface area contributed by atoms with Gasteiger partial charge >= 0.3 is 5.97 Å². The molecular formula is C26H47N3O5. The molecule has 1 aromatic rings. The van der Waals surface area contributed by atoms with Crippen LogP contribution in [0.15, 0.2) is 18.5 Å². The van der Waals surface area contributed by atoms with Gasteiger partial charge in [-0.05, 0) is 45.1 Å². The maximum absolute atomic E-state index is 12.5. The van der Waals surface area contributed by atoms with Crippen LogP contribution >= 0.6 is 0 Å². The molecule has 1 amide bonds. The van der Waals surface area contributed by atoms with Gasteiger partial charge in [-0.2, -0.15) is 0 Å². The molecule has 0 aliphatic carbocycles. The second kappa shape index (κ2) is 18.4. The number of unbranched alkanes of at least 4 members (excludes halogenated alkanes) is 5. The molecule has 0 aliphatic rings. The highest BCUT2D eigenvalue weighted by Gasteiger charge is 2.20. The van der Waals surface area contributed by atoms with E-state index < -0.39 is 24.3 Å². The number of carbonyl (C=O) groups is 2. The van der Waals surface area contributed by atoms with Crippen molar-refractivity contribution in [2.75, 3.05) is 6.54 Å². The molecule has 0 saturated heterocycles. The van der Waals surface area contributed by atoms with E-state index in [9.17, 15) is 19.8 Å². The third-order valence-electron chi connectivity index (χ3n) is 6.01. The number of aliphatic hydroxyl groups is 1. The fourth-order valence-corrected chi connectivity index (χ4v) is 3.91. The van der Waals surface area contributed by atoms with Crippen LogP contribution in [0.1, 0.15) is 108 Å². The van der Waals surface area contributed by atoms with Crippen molar-refractivity contribution in [2.24, 2.45) is 0 Å². The first kappa shape index (κ1) is 30.1. The lowest BCUT2D eigenvalue weighted by Crippen LogP contribution is -2.41. The van der Waals surface area contributed by atoms with Crippen LogP contribution in [0.5, 0.6) is 0 Å². The van der Waals surface area contributed by atoms with Crippen LogP contribution in [0.25, 0.3) is 0 Å². The van der Waals surface area contributed by atoms with E-state index in [1.165, 1.54) is 0 Å². The predicted molar refractivity (Wildman–Crippen MR) is 135 cm³/mol. The number of aliphatic carboxylic acids is 1. The fraction of sp³-hybridized carbons (Fsp3) is 0.769. The Morgan fingerprint density at radius 1 is 1.00 bits per heavy atom. The number of aliphatic hydroxyl groups excluding tert-OH is 1. The number of aromatic nitrogens is 1. The Bertz CT molecular complexity index is 653. The molecule has 0 fully saturated rings. The zero-order valence-electron chi connectivity index (χ0n) is 21.4. The molecule has 4 atom stereocenters. The van der Waals surface area contributed by atoms with E-state index in [-0.39, 0.29) is 18.6 Å². The SMILES string of the molecule is CCCCCCC(NCC(O)CCCC(NC(=O)c1cc[nH]c1)OC(C)CCCCC)C(=O)O. The van der Waals surface area contributed by atoms with Crippen molar-refractivity contribution in [3.63, 3.8) is 0 Å². The first-order chi connectivity index (χ1) is 16.4. The average Bonchev–Trinajstić information content (AvgIpc) is 3.33. The molecule has 0 radical (unpaired) electrons. The summed E-state index contributed by atoms with van der Waals surface area (Å²) >= 11 is 0. The quantitative estimate of drug-likeness (QED) is 0.129. The minimum absolute atomic E-state index is 0.0266. The minimum atomic E-state index is -0.873. The number of amides is 1. The zero-order chi connectivity index (χ0) is 25.2. The summed E-state index contributed by atoms with van der Waals surface area (Å²) in [4.78, 5) is 26.9. The zero-order valence-corrected chi connectivity index (χ0v) is 21.4. The standard InChI is InChI=1S/C26H47N3O5/c1-4-6-8-10-14-23(26(32)33)28-19-22(30)13-11-15-24(34-20(3)12-9-7-5-2)29-25(31)21-16-17-27-18-21/h16-18,20,22-24,27-28,30H,4-15,19H2,1-3H3,(H,29,31)(H,32,33). The Balaban J connectivity index is 2.46. The van der Waals surface area contributed by atoms with Crippen molar-refractivity contribution >= 4 is 11.9 Å². The van der Waals surface area contributed by atoms with Gasteiger partial charge in [-0.1, -0.05) is 58.8 Å². The predicted octanol–water partition coefficient (Wildman–Crippen LogP) is 4.60. The van der Waals surface area contributed by atoms with Crippen molar-refractivity contribution in [3.05, 3.63) is 24.0 Å². The molecule has 8 heteroatoms. The number of nitrogens with one attached hydrogen (secondary N) is 3. The van der Waals surface area contributed by atoms with E-state index in [0.717, 1.165) is 51.4 Å². The summed E-state index contributed by atoms with van der Waals surface area (Å²) in [6.45, 7) is 6.55. The molecule has 4 unspecified atom stereocenters. The van der Waals surface area contributed by atoms with Gasteiger partial charge in [0.15, 0.2) is 0 Å². The summed E-state index contributed by atoms with van der Waals surface area (Å²) in [5, 5.41) is 25.7. The van der Waals surface area contributed by atoms with Crippen LogP contribution in [0.2, 0.25) is 0 Å². The van der Waals surface area contributed by atoms with Crippen LogP contribution in [0, 0.1) is 0 Å². The Morgan fingerprint density at radius 2 is 1.71 bits per heavy atom. The van der Waals surface area contributed by atoms with Gasteiger partial charge in [-0.25, -0.2) is 0 Å². The van der Waals surface area contributed by atoms with E-state index >= 15 is 0 Å². The number of hydrogen-bond donors (Lipinski definition) is 5. The van der Waals surface area contributed by atoms with E-state index in [4.69, 9.17) is 4.74 Å². The molecule has 8 nitrogen and oxygen atoms in total. The molecular weight excluding hydrogens is 434 g/mol. The number of rotatable bonds is 21. The monoisotopic (exact) mass is 481 g/mol. The largest absolute Gasteiger partial charge is 0.480 e. The highest BCUT2D eigenvalue weighted by molar-refractivity contribution is 5.94. The van der Waals surface area contributed by atoms with Gasteiger partial charge in [-0.15, -0.1) is 0 Å². The number of carboxylic acid groups (broad SMARTS) is 1. The molecule has 0 spiro atoms. The summed E-state index contributed by atoms with van der Waals surface area (Å²) in [5.41, 5.74) is 0.551. The fourth-order valence-electron chi connectivity index (χ4n) is 3.91. The number of aromatic amines is 1. The van der Waals surface area contributed by atoms with Crippen LogP contribution in [-0.4, -0.2) is 58.1 Å². The number of carboxylic acids is 1. The summed E-state index contributed by atoms with van der Waals surface area (Å²) in [6.07, 6.45) is 13.0. The highest BCUT2D eigenvalue weighted by Crippen LogP contribution is 2.13. The van der Waals surface area contributed by atoms with Crippen LogP contribution < -0.4 is 10.6 Å².